The van der Waals surface area contributed by atoms with Crippen LogP contribution in [-0.2, 0) is 16.1 Å². The summed E-state index contributed by atoms with van der Waals surface area (Å²) in [7, 11) is 0. The molecule has 1 aromatic rings. The zero-order valence-electron chi connectivity index (χ0n) is 12.0. The summed E-state index contributed by atoms with van der Waals surface area (Å²) < 4.78 is 7.00. The fourth-order valence-electron chi connectivity index (χ4n) is 2.62. The highest BCUT2D eigenvalue weighted by molar-refractivity contribution is 5.69. The molecule has 0 radical (unpaired) electrons. The Morgan fingerprint density at radius 2 is 2.15 bits per heavy atom. The summed E-state index contributed by atoms with van der Waals surface area (Å²) in [6.07, 6.45) is 2.41. The molecule has 0 amide bonds. The lowest BCUT2D eigenvalue weighted by atomic mass is 9.96. The molecule has 0 bridgehead atoms. The Balaban J connectivity index is 2.08. The topological polar surface area (TPSA) is 90.1 Å². The summed E-state index contributed by atoms with van der Waals surface area (Å²) in [4.78, 5) is 11.3. The van der Waals surface area contributed by atoms with Crippen LogP contribution < -0.4 is 0 Å². The van der Waals surface area contributed by atoms with Crippen molar-refractivity contribution in [2.75, 3.05) is 13.2 Å². The molecule has 112 valence electrons. The van der Waals surface area contributed by atoms with Crippen molar-refractivity contribution in [2.24, 2.45) is 11.8 Å². The molecule has 0 spiro atoms. The van der Waals surface area contributed by atoms with Gasteiger partial charge >= 0.3 is 5.97 Å². The third kappa shape index (κ3) is 3.75. The van der Waals surface area contributed by atoms with Crippen LogP contribution in [0, 0.1) is 11.8 Å². The maximum absolute atomic E-state index is 11.3. The number of carboxylic acids is 1. The predicted molar refractivity (Wildman–Crippen MR) is 71.2 cm³/mol. The summed E-state index contributed by atoms with van der Waals surface area (Å²) >= 11 is 0. The van der Waals surface area contributed by atoms with Gasteiger partial charge in [0.2, 0.25) is 0 Å². The summed E-state index contributed by atoms with van der Waals surface area (Å²) in [6.45, 7) is 5.81. The van der Waals surface area contributed by atoms with Gasteiger partial charge in [0.15, 0.2) is 5.82 Å². The molecule has 7 nitrogen and oxygen atoms in total. The maximum Gasteiger partial charge on any atom is 0.308 e. The van der Waals surface area contributed by atoms with Crippen molar-refractivity contribution in [3.8, 4) is 0 Å². The Kier molecular flexibility index (Phi) is 5.05. The molecule has 0 aromatic carbocycles. The molecule has 1 fully saturated rings. The molecule has 1 N–H and O–H groups in total. The van der Waals surface area contributed by atoms with E-state index < -0.39 is 11.9 Å². The first-order chi connectivity index (χ1) is 9.58. The second kappa shape index (κ2) is 6.78. The fraction of sp³-hybridized carbons (Fsp3) is 0.846. The number of tetrazole rings is 1. The van der Waals surface area contributed by atoms with Crippen LogP contribution in [0.5, 0.6) is 0 Å². The van der Waals surface area contributed by atoms with Crippen molar-refractivity contribution in [3.05, 3.63) is 5.82 Å². The molecule has 0 aliphatic carbocycles. The van der Waals surface area contributed by atoms with Crippen molar-refractivity contribution in [3.63, 3.8) is 0 Å². The molecular weight excluding hydrogens is 260 g/mol. The van der Waals surface area contributed by atoms with Gasteiger partial charge in [-0.2, -0.15) is 0 Å². The maximum atomic E-state index is 11.3. The van der Waals surface area contributed by atoms with Gasteiger partial charge in [0.1, 0.15) is 0 Å². The molecule has 1 aliphatic rings. The van der Waals surface area contributed by atoms with E-state index in [2.05, 4.69) is 15.5 Å². The Labute approximate surface area is 118 Å². The van der Waals surface area contributed by atoms with Gasteiger partial charge in [-0.1, -0.05) is 13.8 Å². The Hall–Kier alpha value is -1.50. The minimum atomic E-state index is -0.785. The van der Waals surface area contributed by atoms with Crippen LogP contribution in [0.15, 0.2) is 0 Å². The lowest BCUT2D eigenvalue weighted by Gasteiger charge is -2.22. The first-order valence-electron chi connectivity index (χ1n) is 7.14. The number of rotatable bonds is 6. The minimum absolute atomic E-state index is 0.271. The summed E-state index contributed by atoms with van der Waals surface area (Å²) in [6, 6.07) is 0. The minimum Gasteiger partial charge on any atom is -0.481 e. The van der Waals surface area contributed by atoms with E-state index in [-0.39, 0.29) is 5.92 Å². The average molecular weight is 282 g/mol. The number of nitrogens with zero attached hydrogens (tertiary/aromatic N) is 4. The van der Waals surface area contributed by atoms with Gasteiger partial charge in [-0.25, -0.2) is 4.68 Å². The second-order valence-electron chi connectivity index (χ2n) is 5.77. The molecule has 0 saturated carbocycles. The van der Waals surface area contributed by atoms with E-state index in [1.807, 2.05) is 13.8 Å². The first-order valence-corrected chi connectivity index (χ1v) is 7.14. The van der Waals surface area contributed by atoms with Crippen LogP contribution in [0.3, 0.4) is 0 Å². The van der Waals surface area contributed by atoms with E-state index in [0.29, 0.717) is 32.1 Å². The molecule has 1 aromatic heterocycles. The predicted octanol–water partition coefficient (Wildman–Crippen LogP) is 1.31. The van der Waals surface area contributed by atoms with Crippen LogP contribution in [0.25, 0.3) is 0 Å². The summed E-state index contributed by atoms with van der Waals surface area (Å²) in [5, 5.41) is 21.1. The average Bonchev–Trinajstić information content (AvgIpc) is 2.86. The number of ether oxygens (including phenoxy) is 1. The molecule has 2 heterocycles. The number of aromatic nitrogens is 4. The molecule has 7 heteroatoms. The van der Waals surface area contributed by atoms with E-state index in [1.54, 1.807) is 4.68 Å². The van der Waals surface area contributed by atoms with Gasteiger partial charge in [-0.3, -0.25) is 4.79 Å². The molecule has 20 heavy (non-hydrogen) atoms. The molecule has 1 atom stereocenters. The lowest BCUT2D eigenvalue weighted by Crippen LogP contribution is -2.25. The first kappa shape index (κ1) is 14.9. The van der Waals surface area contributed by atoms with E-state index in [0.717, 1.165) is 18.7 Å². The van der Waals surface area contributed by atoms with Crippen LogP contribution in [0.4, 0.5) is 0 Å². The number of carboxylic acid groups (broad SMARTS) is 1. The summed E-state index contributed by atoms with van der Waals surface area (Å²) in [5.41, 5.74) is 0. The fourth-order valence-corrected chi connectivity index (χ4v) is 2.62. The molecule has 1 saturated heterocycles. The Morgan fingerprint density at radius 1 is 1.45 bits per heavy atom. The third-order valence-electron chi connectivity index (χ3n) is 3.64. The standard InChI is InChI=1S/C13H22N4O3/c1-9(2)7-11(13(18)19)8-17-12(14-15-16-17)10-3-5-20-6-4-10/h9-11H,3-8H2,1-2H3,(H,18,19). The highest BCUT2D eigenvalue weighted by Gasteiger charge is 2.26. The van der Waals surface area contributed by atoms with Crippen molar-refractivity contribution in [1.82, 2.24) is 20.2 Å². The van der Waals surface area contributed by atoms with Crippen molar-refractivity contribution < 1.29 is 14.6 Å². The summed E-state index contributed by atoms with van der Waals surface area (Å²) in [5.74, 6) is 0.166. The number of aliphatic carboxylic acids is 1. The highest BCUT2D eigenvalue weighted by atomic mass is 16.5. The normalized spacial score (nSPS) is 18.4. The zero-order chi connectivity index (χ0) is 14.5. The van der Waals surface area contributed by atoms with Gasteiger partial charge in [-0.05, 0) is 35.6 Å². The Morgan fingerprint density at radius 3 is 2.75 bits per heavy atom. The largest absolute Gasteiger partial charge is 0.481 e. The number of hydrogen-bond donors (Lipinski definition) is 1. The van der Waals surface area contributed by atoms with Gasteiger partial charge in [0.05, 0.1) is 12.5 Å². The smallest absolute Gasteiger partial charge is 0.308 e. The van der Waals surface area contributed by atoms with Gasteiger partial charge in [0.25, 0.3) is 0 Å². The molecular formula is C13H22N4O3. The van der Waals surface area contributed by atoms with Crippen molar-refractivity contribution >= 4 is 5.97 Å². The SMILES string of the molecule is CC(C)CC(Cn1nnnc1C1CCOCC1)C(=O)O. The molecule has 1 aliphatic heterocycles. The lowest BCUT2D eigenvalue weighted by molar-refractivity contribution is -0.142. The Bertz CT molecular complexity index is 441. The highest BCUT2D eigenvalue weighted by Crippen LogP contribution is 2.25. The van der Waals surface area contributed by atoms with Crippen LogP contribution in [0.2, 0.25) is 0 Å². The third-order valence-corrected chi connectivity index (χ3v) is 3.64. The van der Waals surface area contributed by atoms with Gasteiger partial charge in [0, 0.05) is 19.1 Å². The second-order valence-corrected chi connectivity index (χ2v) is 5.77. The van der Waals surface area contributed by atoms with Crippen LogP contribution >= 0.6 is 0 Å². The number of carbonyl (C=O) groups is 1. The zero-order valence-corrected chi connectivity index (χ0v) is 12.0. The van der Waals surface area contributed by atoms with Gasteiger partial charge in [-0.15, -0.1) is 5.10 Å². The van der Waals surface area contributed by atoms with Crippen molar-refractivity contribution in [1.29, 1.82) is 0 Å². The molecule has 2 rings (SSSR count). The van der Waals surface area contributed by atoms with E-state index in [9.17, 15) is 9.90 Å². The van der Waals surface area contributed by atoms with E-state index in [1.165, 1.54) is 0 Å². The van der Waals surface area contributed by atoms with Crippen LogP contribution in [-0.4, -0.2) is 44.5 Å². The van der Waals surface area contributed by atoms with E-state index >= 15 is 0 Å². The molecule has 1 unspecified atom stereocenters. The van der Waals surface area contributed by atoms with Crippen LogP contribution in [0.1, 0.15) is 44.9 Å². The number of hydrogen-bond acceptors (Lipinski definition) is 5. The quantitative estimate of drug-likeness (QED) is 0.846. The van der Waals surface area contributed by atoms with Crippen molar-refractivity contribution in [2.45, 2.75) is 45.6 Å². The monoisotopic (exact) mass is 282 g/mol. The van der Waals surface area contributed by atoms with E-state index in [4.69, 9.17) is 4.74 Å². The van der Waals surface area contributed by atoms with Gasteiger partial charge < -0.3 is 9.84 Å².